The van der Waals surface area contributed by atoms with Gasteiger partial charge in [0.1, 0.15) is 11.8 Å². The van der Waals surface area contributed by atoms with Gasteiger partial charge in [0.25, 0.3) is 5.91 Å². The third kappa shape index (κ3) is 4.27. The molecule has 1 aromatic rings. The zero-order valence-electron chi connectivity index (χ0n) is 16.4. The summed E-state index contributed by atoms with van der Waals surface area (Å²) in [5.74, 6) is 0.246. The van der Waals surface area contributed by atoms with Crippen molar-refractivity contribution in [1.29, 1.82) is 0 Å². The highest BCUT2D eigenvalue weighted by Gasteiger charge is 2.46. The molecule has 2 unspecified atom stereocenters. The summed E-state index contributed by atoms with van der Waals surface area (Å²) >= 11 is 0. The minimum absolute atomic E-state index is 0.0679. The average molecular weight is 388 g/mol. The van der Waals surface area contributed by atoms with Crippen LogP contribution in [0.5, 0.6) is 5.75 Å². The minimum Gasteiger partial charge on any atom is -0.497 e. The van der Waals surface area contributed by atoms with E-state index in [-0.39, 0.29) is 29.8 Å². The first-order valence-electron chi connectivity index (χ1n) is 9.68. The first-order valence-corrected chi connectivity index (χ1v) is 9.68. The van der Waals surface area contributed by atoms with Crippen LogP contribution in [0.15, 0.2) is 24.3 Å². The number of nitrogens with zero attached hydrogens (tertiary/aromatic N) is 2. The molecule has 28 heavy (non-hydrogen) atoms. The molecule has 1 heterocycles. The molecule has 0 spiro atoms. The second-order valence-electron chi connectivity index (χ2n) is 7.33. The van der Waals surface area contributed by atoms with Crippen LogP contribution in [0.4, 0.5) is 0 Å². The molecule has 1 aliphatic heterocycles. The summed E-state index contributed by atoms with van der Waals surface area (Å²) in [6.07, 6.45) is 2.33. The number of carbonyl (C=O) groups excluding carboxylic acids is 3. The Balaban J connectivity index is 1.78. The molecule has 2 atom stereocenters. The number of benzene rings is 1. The highest BCUT2D eigenvalue weighted by Crippen LogP contribution is 2.35. The number of amides is 3. The first kappa shape index (κ1) is 20.1. The lowest BCUT2D eigenvalue weighted by molar-refractivity contribution is -0.136. The fraction of sp³-hybridized carbons (Fsp3) is 0.550. The third-order valence-corrected chi connectivity index (χ3v) is 5.33. The Kier molecular flexibility index (Phi) is 6.18. The highest BCUT2D eigenvalue weighted by molar-refractivity contribution is 5.95. The maximum absolute atomic E-state index is 13.2. The summed E-state index contributed by atoms with van der Waals surface area (Å²) in [7, 11) is 1.58. The summed E-state index contributed by atoms with van der Waals surface area (Å²) < 4.78 is 5.16. The van der Waals surface area contributed by atoms with Crippen LogP contribution in [-0.2, 0) is 9.59 Å². The van der Waals surface area contributed by atoms with Gasteiger partial charge < -0.3 is 25.6 Å². The van der Waals surface area contributed by atoms with Crippen LogP contribution >= 0.6 is 0 Å². The maximum atomic E-state index is 13.2. The molecular formula is C20H28N4O4. The molecule has 2 fully saturated rings. The van der Waals surface area contributed by atoms with Gasteiger partial charge in [0.05, 0.1) is 13.2 Å². The molecule has 0 radical (unpaired) electrons. The van der Waals surface area contributed by atoms with E-state index in [4.69, 9.17) is 10.5 Å². The lowest BCUT2D eigenvalue weighted by atomic mass is 10.1. The van der Waals surface area contributed by atoms with Crippen LogP contribution in [0.2, 0.25) is 0 Å². The van der Waals surface area contributed by atoms with Gasteiger partial charge in [-0.1, -0.05) is 0 Å². The Morgan fingerprint density at radius 2 is 1.89 bits per heavy atom. The van der Waals surface area contributed by atoms with Crippen molar-refractivity contribution >= 4 is 17.7 Å². The quantitative estimate of drug-likeness (QED) is 0.702. The van der Waals surface area contributed by atoms with Crippen molar-refractivity contribution in [2.45, 2.75) is 44.3 Å². The van der Waals surface area contributed by atoms with E-state index >= 15 is 0 Å². The number of hydrogen-bond acceptors (Lipinski definition) is 5. The van der Waals surface area contributed by atoms with Gasteiger partial charge in [0.2, 0.25) is 11.8 Å². The van der Waals surface area contributed by atoms with Crippen molar-refractivity contribution in [1.82, 2.24) is 15.1 Å². The number of rotatable bonds is 7. The topological polar surface area (TPSA) is 105 Å². The van der Waals surface area contributed by atoms with Crippen molar-refractivity contribution in [2.24, 2.45) is 5.73 Å². The average Bonchev–Trinajstić information content (AvgIpc) is 3.43. The molecule has 0 bridgehead atoms. The van der Waals surface area contributed by atoms with Gasteiger partial charge in [-0.05, 0) is 43.5 Å². The van der Waals surface area contributed by atoms with Gasteiger partial charge in [0.15, 0.2) is 0 Å². The number of hydrogen-bond donors (Lipinski definition) is 2. The van der Waals surface area contributed by atoms with Gasteiger partial charge >= 0.3 is 0 Å². The molecule has 2 aliphatic rings. The van der Waals surface area contributed by atoms with Crippen molar-refractivity contribution in [3.05, 3.63) is 29.8 Å². The third-order valence-electron chi connectivity index (χ3n) is 5.33. The molecule has 1 aliphatic carbocycles. The summed E-state index contributed by atoms with van der Waals surface area (Å²) in [5.41, 5.74) is 6.04. The standard InChI is InChI=1S/C20H28N4O4/c1-13(25)23-12-16(11-18(23)19(26)22-10-9-21)24(15-5-6-15)20(27)14-3-7-17(28-2)8-4-14/h3-4,7-8,15-16,18H,5-6,9-12,21H2,1-2H3,(H,22,26). The number of nitrogens with two attached hydrogens (primary N) is 1. The second-order valence-corrected chi connectivity index (χ2v) is 7.33. The van der Waals surface area contributed by atoms with E-state index in [2.05, 4.69) is 5.32 Å². The molecule has 0 aromatic heterocycles. The number of methoxy groups -OCH3 is 1. The first-order chi connectivity index (χ1) is 13.5. The molecule has 1 aromatic carbocycles. The van der Waals surface area contributed by atoms with Gasteiger partial charge in [-0.15, -0.1) is 0 Å². The van der Waals surface area contributed by atoms with Gasteiger partial charge in [-0.2, -0.15) is 0 Å². The van der Waals surface area contributed by atoms with Crippen LogP contribution in [0, 0.1) is 0 Å². The van der Waals surface area contributed by atoms with Gasteiger partial charge in [0, 0.05) is 38.2 Å². The number of carbonyl (C=O) groups is 3. The highest BCUT2D eigenvalue weighted by atomic mass is 16.5. The van der Waals surface area contributed by atoms with Gasteiger partial charge in [-0.3, -0.25) is 14.4 Å². The van der Waals surface area contributed by atoms with Crippen molar-refractivity contribution in [2.75, 3.05) is 26.7 Å². The number of ether oxygens (including phenoxy) is 1. The lowest BCUT2D eigenvalue weighted by Crippen LogP contribution is -2.46. The molecule has 152 valence electrons. The molecule has 8 nitrogen and oxygen atoms in total. The molecule has 8 heteroatoms. The van der Waals surface area contributed by atoms with E-state index in [0.29, 0.717) is 37.4 Å². The Hall–Kier alpha value is -2.61. The van der Waals surface area contributed by atoms with Crippen LogP contribution in [0.25, 0.3) is 0 Å². The summed E-state index contributed by atoms with van der Waals surface area (Å²) in [5, 5.41) is 2.76. The zero-order valence-corrected chi connectivity index (χ0v) is 16.4. The van der Waals surface area contributed by atoms with Crippen LogP contribution < -0.4 is 15.8 Å². The van der Waals surface area contributed by atoms with E-state index in [9.17, 15) is 14.4 Å². The van der Waals surface area contributed by atoms with Crippen LogP contribution in [0.1, 0.15) is 36.5 Å². The Morgan fingerprint density at radius 3 is 2.43 bits per heavy atom. The van der Waals surface area contributed by atoms with Crippen molar-refractivity contribution in [3.63, 3.8) is 0 Å². The normalized spacial score (nSPS) is 21.3. The van der Waals surface area contributed by atoms with E-state index < -0.39 is 6.04 Å². The molecule has 3 N–H and O–H groups in total. The van der Waals surface area contributed by atoms with Crippen LogP contribution in [0.3, 0.4) is 0 Å². The molecule has 1 saturated heterocycles. The largest absolute Gasteiger partial charge is 0.497 e. The Labute approximate surface area is 165 Å². The van der Waals surface area contributed by atoms with Crippen molar-refractivity contribution in [3.8, 4) is 5.75 Å². The monoisotopic (exact) mass is 388 g/mol. The molecular weight excluding hydrogens is 360 g/mol. The van der Waals surface area contributed by atoms with E-state index in [0.717, 1.165) is 12.8 Å². The zero-order chi connectivity index (χ0) is 20.3. The molecule has 3 amide bonds. The fourth-order valence-electron chi connectivity index (χ4n) is 3.79. The van der Waals surface area contributed by atoms with Crippen molar-refractivity contribution < 1.29 is 19.1 Å². The summed E-state index contributed by atoms with van der Waals surface area (Å²) in [6, 6.07) is 6.44. The fourth-order valence-corrected chi connectivity index (χ4v) is 3.79. The predicted molar refractivity (Wildman–Crippen MR) is 104 cm³/mol. The maximum Gasteiger partial charge on any atom is 0.254 e. The SMILES string of the molecule is COc1ccc(C(=O)N(C2CC2)C2CC(C(=O)NCCN)N(C(C)=O)C2)cc1. The number of nitrogens with one attached hydrogen (secondary N) is 1. The van der Waals surface area contributed by atoms with Crippen LogP contribution in [-0.4, -0.2) is 72.4 Å². The van der Waals surface area contributed by atoms with E-state index in [1.165, 1.54) is 6.92 Å². The minimum atomic E-state index is -0.570. The summed E-state index contributed by atoms with van der Waals surface area (Å²) in [4.78, 5) is 41.2. The molecule has 3 rings (SSSR count). The second kappa shape index (κ2) is 8.60. The van der Waals surface area contributed by atoms with Gasteiger partial charge in [-0.25, -0.2) is 0 Å². The van der Waals surface area contributed by atoms with E-state index in [1.807, 2.05) is 4.90 Å². The smallest absolute Gasteiger partial charge is 0.254 e. The molecule has 1 saturated carbocycles. The Morgan fingerprint density at radius 1 is 1.21 bits per heavy atom. The Bertz CT molecular complexity index is 732. The summed E-state index contributed by atoms with van der Waals surface area (Å²) in [6.45, 7) is 2.53. The van der Waals surface area contributed by atoms with E-state index in [1.54, 1.807) is 36.3 Å². The number of likely N-dealkylation sites (tertiary alicyclic amines) is 1. The predicted octanol–water partition coefficient (Wildman–Crippen LogP) is 0.364. The lowest BCUT2D eigenvalue weighted by Gasteiger charge is -2.29.